The van der Waals surface area contributed by atoms with Crippen LogP contribution in [0.2, 0.25) is 0 Å². The van der Waals surface area contributed by atoms with Crippen molar-refractivity contribution in [1.82, 2.24) is 0 Å². The fourth-order valence-electron chi connectivity index (χ4n) is 0.588. The predicted molar refractivity (Wildman–Crippen MR) is 39.3 cm³/mol. The summed E-state index contributed by atoms with van der Waals surface area (Å²) in [6.07, 6.45) is -5.67. The highest BCUT2D eigenvalue weighted by Gasteiger charge is 2.24. The standard InChI is InChI=1S/C8H9F3O/c1-3-4-7(12)6(2)5-8(9,10)11/h5,7,12H,1-2H3. The minimum Gasteiger partial charge on any atom is -0.376 e. The van der Waals surface area contributed by atoms with Gasteiger partial charge in [-0.3, -0.25) is 0 Å². The largest absolute Gasteiger partial charge is 0.409 e. The summed E-state index contributed by atoms with van der Waals surface area (Å²) in [7, 11) is 0. The van der Waals surface area contributed by atoms with E-state index in [9.17, 15) is 13.2 Å². The van der Waals surface area contributed by atoms with Crippen molar-refractivity contribution in [3.8, 4) is 11.8 Å². The van der Waals surface area contributed by atoms with Crippen molar-refractivity contribution in [1.29, 1.82) is 0 Å². The molecule has 1 unspecified atom stereocenters. The molecule has 0 fully saturated rings. The Labute approximate surface area is 68.9 Å². The van der Waals surface area contributed by atoms with E-state index >= 15 is 0 Å². The van der Waals surface area contributed by atoms with Crippen molar-refractivity contribution < 1.29 is 18.3 Å². The summed E-state index contributed by atoms with van der Waals surface area (Å²) in [6, 6.07) is 0. The Morgan fingerprint density at radius 3 is 2.33 bits per heavy atom. The van der Waals surface area contributed by atoms with Crippen LogP contribution in [0.4, 0.5) is 13.2 Å². The fraction of sp³-hybridized carbons (Fsp3) is 0.500. The van der Waals surface area contributed by atoms with Gasteiger partial charge >= 0.3 is 6.18 Å². The zero-order valence-electron chi connectivity index (χ0n) is 6.74. The number of aliphatic hydroxyl groups excluding tert-OH is 1. The molecule has 1 N–H and O–H groups in total. The van der Waals surface area contributed by atoms with Crippen molar-refractivity contribution in [2.45, 2.75) is 26.1 Å². The van der Waals surface area contributed by atoms with E-state index in [-0.39, 0.29) is 11.6 Å². The first-order valence-electron chi connectivity index (χ1n) is 3.23. The zero-order chi connectivity index (χ0) is 9.78. The summed E-state index contributed by atoms with van der Waals surface area (Å²) in [5, 5.41) is 8.94. The van der Waals surface area contributed by atoms with E-state index < -0.39 is 12.3 Å². The highest BCUT2D eigenvalue weighted by Crippen LogP contribution is 2.19. The van der Waals surface area contributed by atoms with Gasteiger partial charge in [0.1, 0.15) is 6.10 Å². The molecule has 0 aliphatic rings. The number of rotatable bonds is 1. The molecule has 0 radical (unpaired) electrons. The maximum Gasteiger partial charge on any atom is 0.409 e. The van der Waals surface area contributed by atoms with Gasteiger partial charge < -0.3 is 5.11 Å². The summed E-state index contributed by atoms with van der Waals surface area (Å²) in [5.41, 5.74) is -0.197. The molecule has 0 aromatic carbocycles. The molecule has 0 bridgehead atoms. The van der Waals surface area contributed by atoms with Gasteiger partial charge in [-0.15, -0.1) is 5.92 Å². The zero-order valence-corrected chi connectivity index (χ0v) is 6.74. The molecule has 0 saturated heterocycles. The number of aliphatic hydroxyl groups is 1. The van der Waals surface area contributed by atoms with E-state index in [0.29, 0.717) is 0 Å². The molecule has 0 aliphatic heterocycles. The van der Waals surface area contributed by atoms with Crippen LogP contribution in [0.3, 0.4) is 0 Å². The first-order valence-corrected chi connectivity index (χ1v) is 3.23. The Balaban J connectivity index is 4.44. The third kappa shape index (κ3) is 4.80. The molecule has 0 aliphatic carbocycles. The number of hydrogen-bond acceptors (Lipinski definition) is 1. The van der Waals surface area contributed by atoms with Gasteiger partial charge in [0.15, 0.2) is 0 Å². The third-order valence-corrected chi connectivity index (χ3v) is 1.10. The summed E-state index contributed by atoms with van der Waals surface area (Å²) in [4.78, 5) is 0. The van der Waals surface area contributed by atoms with Gasteiger partial charge in [0.05, 0.1) is 0 Å². The molecule has 0 aromatic heterocycles. The van der Waals surface area contributed by atoms with Crippen molar-refractivity contribution in [2.24, 2.45) is 0 Å². The Morgan fingerprint density at radius 1 is 1.50 bits per heavy atom. The van der Waals surface area contributed by atoms with E-state index in [4.69, 9.17) is 5.11 Å². The average Bonchev–Trinajstić information content (AvgIpc) is 1.84. The van der Waals surface area contributed by atoms with Gasteiger partial charge in [-0.25, -0.2) is 0 Å². The minimum absolute atomic E-state index is 0.0437. The molecule has 0 amide bonds. The first-order chi connectivity index (χ1) is 5.37. The molecule has 0 heterocycles. The van der Waals surface area contributed by atoms with Gasteiger partial charge in [-0.1, -0.05) is 5.92 Å². The van der Waals surface area contributed by atoms with Crippen LogP contribution in [0.5, 0.6) is 0 Å². The highest BCUT2D eigenvalue weighted by atomic mass is 19.4. The first kappa shape index (κ1) is 11.1. The van der Waals surface area contributed by atoms with Crippen molar-refractivity contribution in [3.05, 3.63) is 11.6 Å². The Kier molecular flexibility index (Phi) is 3.84. The van der Waals surface area contributed by atoms with E-state index in [1.807, 2.05) is 0 Å². The molecule has 1 atom stereocenters. The van der Waals surface area contributed by atoms with Crippen LogP contribution in [0.15, 0.2) is 11.6 Å². The smallest absolute Gasteiger partial charge is 0.376 e. The Hall–Kier alpha value is -0.950. The molecule has 4 heteroatoms. The monoisotopic (exact) mass is 178 g/mol. The number of hydrogen-bond donors (Lipinski definition) is 1. The maximum atomic E-state index is 11.7. The lowest BCUT2D eigenvalue weighted by Gasteiger charge is -2.05. The molecule has 68 valence electrons. The lowest BCUT2D eigenvalue weighted by molar-refractivity contribution is -0.0810. The highest BCUT2D eigenvalue weighted by molar-refractivity contribution is 5.20. The lowest BCUT2D eigenvalue weighted by atomic mass is 10.1. The SMILES string of the molecule is CC#CC(O)C(C)=CC(F)(F)F. The van der Waals surface area contributed by atoms with E-state index in [1.54, 1.807) is 0 Å². The van der Waals surface area contributed by atoms with Gasteiger partial charge in [-0.05, 0) is 19.4 Å². The summed E-state index contributed by atoms with van der Waals surface area (Å²) >= 11 is 0. The van der Waals surface area contributed by atoms with E-state index in [2.05, 4.69) is 11.8 Å². The van der Waals surface area contributed by atoms with Crippen molar-refractivity contribution >= 4 is 0 Å². The average molecular weight is 178 g/mol. The van der Waals surface area contributed by atoms with Crippen molar-refractivity contribution in [2.75, 3.05) is 0 Å². The minimum atomic E-state index is -4.39. The molecule has 0 spiro atoms. The van der Waals surface area contributed by atoms with Crippen LogP contribution in [0, 0.1) is 11.8 Å². The molecular formula is C8H9F3O. The van der Waals surface area contributed by atoms with Crippen LogP contribution >= 0.6 is 0 Å². The van der Waals surface area contributed by atoms with Crippen LogP contribution in [0.1, 0.15) is 13.8 Å². The van der Waals surface area contributed by atoms with Crippen LogP contribution in [0.25, 0.3) is 0 Å². The summed E-state index contributed by atoms with van der Waals surface area (Å²) in [5.74, 6) is 4.53. The van der Waals surface area contributed by atoms with Gasteiger partial charge in [-0.2, -0.15) is 13.2 Å². The second-order valence-electron chi connectivity index (χ2n) is 2.23. The van der Waals surface area contributed by atoms with Crippen LogP contribution in [-0.4, -0.2) is 17.4 Å². The Bertz CT molecular complexity index is 229. The predicted octanol–water partition coefficient (Wildman–Crippen LogP) is 1.88. The summed E-state index contributed by atoms with van der Waals surface area (Å²) < 4.78 is 35.0. The molecule has 0 aromatic rings. The quantitative estimate of drug-likeness (QED) is 0.480. The fourth-order valence-corrected chi connectivity index (χ4v) is 0.588. The van der Waals surface area contributed by atoms with E-state index in [1.165, 1.54) is 13.8 Å². The van der Waals surface area contributed by atoms with Gasteiger partial charge in [0.2, 0.25) is 0 Å². The second kappa shape index (κ2) is 4.17. The maximum absolute atomic E-state index is 11.7. The van der Waals surface area contributed by atoms with Crippen LogP contribution < -0.4 is 0 Å². The molecule has 12 heavy (non-hydrogen) atoms. The number of allylic oxidation sites excluding steroid dienone is 1. The van der Waals surface area contributed by atoms with Gasteiger partial charge in [0.25, 0.3) is 0 Å². The van der Waals surface area contributed by atoms with Crippen molar-refractivity contribution in [3.63, 3.8) is 0 Å². The molecular weight excluding hydrogens is 169 g/mol. The normalized spacial score (nSPS) is 15.0. The lowest BCUT2D eigenvalue weighted by Crippen LogP contribution is -2.10. The molecule has 0 rings (SSSR count). The van der Waals surface area contributed by atoms with Gasteiger partial charge in [0, 0.05) is 6.08 Å². The molecule has 0 saturated carbocycles. The van der Waals surface area contributed by atoms with Crippen LogP contribution in [-0.2, 0) is 0 Å². The van der Waals surface area contributed by atoms with E-state index in [0.717, 1.165) is 0 Å². The third-order valence-electron chi connectivity index (χ3n) is 1.10. The second-order valence-corrected chi connectivity index (χ2v) is 2.23. The number of alkyl halides is 3. The summed E-state index contributed by atoms with van der Waals surface area (Å²) in [6.45, 7) is 2.63. The number of halogens is 3. The molecule has 1 nitrogen and oxygen atoms in total. The Morgan fingerprint density at radius 2 is 2.00 bits per heavy atom. The topological polar surface area (TPSA) is 20.2 Å².